The smallest absolute Gasteiger partial charge is 0.420 e. The molecular weight excluding hydrogens is 444 g/mol. The second-order valence-corrected chi connectivity index (χ2v) is 6.35. The summed E-state index contributed by atoms with van der Waals surface area (Å²) in [6.45, 7) is 0.851. The number of carbonyl (C=O) groups is 1. The molecule has 2 rings (SSSR count). The van der Waals surface area contributed by atoms with E-state index in [2.05, 4.69) is 4.99 Å². The van der Waals surface area contributed by atoms with Crippen molar-refractivity contribution >= 4 is 36.7 Å². The highest BCUT2D eigenvalue weighted by Crippen LogP contribution is 2.38. The number of carbonyl (C=O) groups excluding carboxylic acids is 1. The summed E-state index contributed by atoms with van der Waals surface area (Å²) in [5.41, 5.74) is 9.83. The Morgan fingerprint density at radius 3 is 2.17 bits per heavy atom. The number of alkyl halides is 3. The van der Waals surface area contributed by atoms with E-state index in [1.165, 1.54) is 6.07 Å². The van der Waals surface area contributed by atoms with Crippen molar-refractivity contribution in [2.24, 2.45) is 16.5 Å². The molecule has 0 saturated carbocycles. The Balaban J connectivity index is 0.00000420. The number of ether oxygens (including phenoxy) is 1. The molecule has 11 heteroatoms. The predicted octanol–water partition coefficient (Wildman–Crippen LogP) is 3.86. The number of hydrogen-bond acceptors (Lipinski definition) is 3. The molecule has 166 valence electrons. The average molecular weight is 467 g/mol. The minimum Gasteiger partial charge on any atom is -0.457 e. The third-order valence-corrected chi connectivity index (χ3v) is 3.76. The number of amides is 1. The van der Waals surface area contributed by atoms with Crippen LogP contribution >= 0.6 is 24.8 Å². The first-order chi connectivity index (χ1) is 13.1. The molecular formula is C19H23Cl2F3N4O2. The summed E-state index contributed by atoms with van der Waals surface area (Å²) in [5.74, 6) is -1.67. The van der Waals surface area contributed by atoms with Gasteiger partial charge >= 0.3 is 6.18 Å². The summed E-state index contributed by atoms with van der Waals surface area (Å²) >= 11 is 0. The second-order valence-electron chi connectivity index (χ2n) is 6.35. The van der Waals surface area contributed by atoms with Gasteiger partial charge in [0.25, 0.3) is 5.91 Å². The monoisotopic (exact) mass is 466 g/mol. The third kappa shape index (κ3) is 8.10. The molecule has 0 fully saturated rings. The van der Waals surface area contributed by atoms with Crippen molar-refractivity contribution in [3.63, 3.8) is 0 Å². The maximum absolute atomic E-state index is 13.4. The van der Waals surface area contributed by atoms with Gasteiger partial charge in [0.2, 0.25) is 0 Å². The lowest BCUT2D eigenvalue weighted by Gasteiger charge is -2.15. The summed E-state index contributed by atoms with van der Waals surface area (Å²) < 4.78 is 45.7. The molecule has 2 aromatic carbocycles. The zero-order valence-electron chi connectivity index (χ0n) is 16.3. The number of halogens is 5. The normalized spacial score (nSPS) is 10.6. The van der Waals surface area contributed by atoms with Gasteiger partial charge < -0.3 is 21.1 Å². The van der Waals surface area contributed by atoms with E-state index in [0.717, 1.165) is 24.6 Å². The molecule has 0 saturated heterocycles. The Bertz CT molecular complexity index is 869. The van der Waals surface area contributed by atoms with Crippen molar-refractivity contribution in [1.82, 2.24) is 4.90 Å². The van der Waals surface area contributed by atoms with Gasteiger partial charge in [-0.05, 0) is 56.4 Å². The summed E-state index contributed by atoms with van der Waals surface area (Å²) in [6, 6.07) is 9.69. The first-order valence-electron chi connectivity index (χ1n) is 8.33. The van der Waals surface area contributed by atoms with Crippen LogP contribution in [0.4, 0.5) is 13.2 Å². The molecule has 4 N–H and O–H groups in total. The van der Waals surface area contributed by atoms with E-state index in [9.17, 15) is 18.0 Å². The van der Waals surface area contributed by atoms with Gasteiger partial charge in [-0.25, -0.2) is 0 Å². The lowest BCUT2D eigenvalue weighted by Crippen LogP contribution is -2.24. The van der Waals surface area contributed by atoms with Gasteiger partial charge in [-0.3, -0.25) is 4.79 Å². The van der Waals surface area contributed by atoms with Crippen LogP contribution in [0.15, 0.2) is 47.5 Å². The van der Waals surface area contributed by atoms with E-state index in [1.807, 2.05) is 19.0 Å². The van der Waals surface area contributed by atoms with Crippen LogP contribution in [0.1, 0.15) is 21.5 Å². The van der Waals surface area contributed by atoms with Crippen molar-refractivity contribution in [3.8, 4) is 11.5 Å². The number of rotatable bonds is 6. The summed E-state index contributed by atoms with van der Waals surface area (Å²) in [4.78, 5) is 17.1. The number of nitrogens with two attached hydrogens (primary N) is 2. The van der Waals surface area contributed by atoms with Crippen LogP contribution in [-0.4, -0.2) is 37.4 Å². The van der Waals surface area contributed by atoms with Crippen LogP contribution < -0.4 is 16.2 Å². The number of benzene rings is 2. The molecule has 0 bridgehead atoms. The molecule has 2 aromatic rings. The predicted molar refractivity (Wildman–Crippen MR) is 115 cm³/mol. The first-order valence-corrected chi connectivity index (χ1v) is 8.33. The minimum atomic E-state index is -4.73. The molecule has 0 aliphatic rings. The van der Waals surface area contributed by atoms with Crippen molar-refractivity contribution in [3.05, 3.63) is 59.2 Å². The number of nitrogens with zero attached hydrogens (tertiary/aromatic N) is 2. The van der Waals surface area contributed by atoms with E-state index in [1.54, 1.807) is 24.3 Å². The number of aliphatic imine (C=N–C) groups is 1. The minimum absolute atomic E-state index is 0. The Morgan fingerprint density at radius 1 is 1.07 bits per heavy atom. The van der Waals surface area contributed by atoms with Gasteiger partial charge in [-0.1, -0.05) is 12.1 Å². The Labute approximate surface area is 184 Å². The van der Waals surface area contributed by atoms with Gasteiger partial charge in [0.15, 0.2) is 5.96 Å². The fourth-order valence-corrected chi connectivity index (χ4v) is 2.36. The van der Waals surface area contributed by atoms with Gasteiger partial charge in [0.1, 0.15) is 11.5 Å². The molecule has 30 heavy (non-hydrogen) atoms. The van der Waals surface area contributed by atoms with Gasteiger partial charge in [-0.2, -0.15) is 18.2 Å². The largest absolute Gasteiger partial charge is 0.457 e. The van der Waals surface area contributed by atoms with E-state index in [0.29, 0.717) is 6.07 Å². The van der Waals surface area contributed by atoms with Crippen molar-refractivity contribution in [1.29, 1.82) is 0 Å². The fraction of sp³-hybridized carbons (Fsp3) is 0.263. The molecule has 0 aromatic heterocycles. The summed E-state index contributed by atoms with van der Waals surface area (Å²) in [7, 11) is 3.91. The highest BCUT2D eigenvalue weighted by molar-refractivity contribution is 6.02. The molecule has 0 aliphatic carbocycles. The molecule has 0 aliphatic heterocycles. The topological polar surface area (TPSA) is 93.9 Å². The highest BCUT2D eigenvalue weighted by Gasteiger charge is 2.35. The van der Waals surface area contributed by atoms with Crippen molar-refractivity contribution in [2.45, 2.75) is 12.6 Å². The van der Waals surface area contributed by atoms with E-state index in [4.69, 9.17) is 16.2 Å². The Hall–Kier alpha value is -2.49. The Kier molecular flexibility index (Phi) is 10.7. The first kappa shape index (κ1) is 27.5. The SMILES string of the molecule is CN(C)CCc1ccc(Oc2ccc(C(=O)N=C(N)N)cc2C(F)(F)F)cc1.Cl.Cl. The van der Waals surface area contributed by atoms with Crippen LogP contribution in [-0.2, 0) is 12.6 Å². The molecule has 0 spiro atoms. The summed E-state index contributed by atoms with van der Waals surface area (Å²) in [6.07, 6.45) is -3.92. The van der Waals surface area contributed by atoms with Crippen LogP contribution in [0.3, 0.4) is 0 Å². The zero-order valence-corrected chi connectivity index (χ0v) is 17.9. The van der Waals surface area contributed by atoms with E-state index >= 15 is 0 Å². The fourth-order valence-electron chi connectivity index (χ4n) is 2.36. The van der Waals surface area contributed by atoms with Gasteiger partial charge in [0.05, 0.1) is 5.56 Å². The quantitative estimate of drug-likeness (QED) is 0.497. The molecule has 0 unspecified atom stereocenters. The van der Waals surface area contributed by atoms with Crippen LogP contribution in [0.2, 0.25) is 0 Å². The number of hydrogen-bond donors (Lipinski definition) is 2. The Morgan fingerprint density at radius 2 is 1.67 bits per heavy atom. The molecule has 1 amide bonds. The molecule has 6 nitrogen and oxygen atoms in total. The maximum Gasteiger partial charge on any atom is 0.420 e. The average Bonchev–Trinajstić information content (AvgIpc) is 2.60. The third-order valence-electron chi connectivity index (χ3n) is 3.76. The van der Waals surface area contributed by atoms with Crippen LogP contribution in [0, 0.1) is 0 Å². The zero-order chi connectivity index (χ0) is 20.9. The lowest BCUT2D eigenvalue weighted by atomic mass is 10.1. The maximum atomic E-state index is 13.4. The summed E-state index contributed by atoms with van der Waals surface area (Å²) in [5, 5.41) is 0. The van der Waals surface area contributed by atoms with Crippen LogP contribution in [0.5, 0.6) is 11.5 Å². The van der Waals surface area contributed by atoms with Crippen LogP contribution in [0.25, 0.3) is 0 Å². The van der Waals surface area contributed by atoms with Gasteiger partial charge in [0, 0.05) is 12.1 Å². The lowest BCUT2D eigenvalue weighted by molar-refractivity contribution is -0.138. The molecule has 0 atom stereocenters. The van der Waals surface area contributed by atoms with E-state index < -0.39 is 29.4 Å². The van der Waals surface area contributed by atoms with Crippen molar-refractivity contribution < 1.29 is 22.7 Å². The van der Waals surface area contributed by atoms with Crippen molar-refractivity contribution in [2.75, 3.05) is 20.6 Å². The second kappa shape index (κ2) is 11.6. The number of likely N-dealkylation sites (N-methyl/N-ethyl adjacent to an activating group) is 1. The standard InChI is InChI=1S/C19H21F3N4O2.2ClH/c1-26(2)10-9-12-3-6-14(7-4-12)28-16-8-5-13(17(27)25-18(23)24)11-15(16)19(20,21)22;;/h3-8,11H,9-10H2,1-2H3,(H4,23,24,25,27);2*1H. The molecule has 0 radical (unpaired) electrons. The number of guanidine groups is 1. The van der Waals surface area contributed by atoms with E-state index in [-0.39, 0.29) is 36.1 Å². The van der Waals surface area contributed by atoms with Gasteiger partial charge in [-0.15, -0.1) is 24.8 Å². The molecule has 0 heterocycles. The highest BCUT2D eigenvalue weighted by atomic mass is 35.5.